The van der Waals surface area contributed by atoms with Crippen LogP contribution in [0.2, 0.25) is 0 Å². The lowest BCUT2D eigenvalue weighted by atomic mass is 10.0. The molecular weight excluding hydrogens is 536 g/mol. The average molecular weight is 569 g/mol. The predicted octanol–water partition coefficient (Wildman–Crippen LogP) is -1.11. The Morgan fingerprint density at radius 3 is 1.88 bits per heavy atom. The van der Waals surface area contributed by atoms with Crippen LogP contribution in [-0.2, 0) is 43.2 Å². The van der Waals surface area contributed by atoms with Crippen molar-refractivity contribution in [2.75, 3.05) is 0 Å². The second kappa shape index (κ2) is 14.9. The lowest BCUT2D eigenvalue weighted by Crippen LogP contribution is -2.58. The van der Waals surface area contributed by atoms with E-state index in [0.717, 1.165) is 0 Å². The van der Waals surface area contributed by atoms with Crippen LogP contribution in [0, 0.1) is 0 Å². The molecule has 41 heavy (non-hydrogen) atoms. The molecule has 4 atom stereocenters. The minimum absolute atomic E-state index is 0.00183. The number of carbonyl (C=O) groups is 5. The van der Waals surface area contributed by atoms with Crippen molar-refractivity contribution in [3.8, 4) is 0 Å². The average Bonchev–Trinajstić information content (AvgIpc) is 3.65. The first-order chi connectivity index (χ1) is 19.6. The quantitative estimate of drug-likeness (QED) is 0.103. The zero-order chi connectivity index (χ0) is 29.8. The van der Waals surface area contributed by atoms with Crippen molar-refractivity contribution in [3.63, 3.8) is 0 Å². The molecule has 2 aromatic heterocycles. The molecule has 0 aliphatic rings. The van der Waals surface area contributed by atoms with Crippen molar-refractivity contribution < 1.29 is 34.2 Å². The van der Waals surface area contributed by atoms with E-state index in [-0.39, 0.29) is 25.7 Å². The number of hydrogen-bond donors (Lipinski definition) is 8. The van der Waals surface area contributed by atoms with Crippen LogP contribution in [-0.4, -0.2) is 84.0 Å². The number of carboxylic acids is 2. The molecule has 0 fully saturated rings. The van der Waals surface area contributed by atoms with Crippen molar-refractivity contribution in [2.45, 2.75) is 56.3 Å². The Morgan fingerprint density at radius 1 is 0.756 bits per heavy atom. The number of nitrogens with two attached hydrogens (primary N) is 1. The van der Waals surface area contributed by atoms with Gasteiger partial charge in [-0.05, 0) is 12.0 Å². The van der Waals surface area contributed by atoms with Gasteiger partial charge in [-0.25, -0.2) is 14.8 Å². The maximum absolute atomic E-state index is 13.3. The Bertz CT molecular complexity index is 1300. The molecule has 0 spiro atoms. The number of aliphatic carboxylic acids is 2. The second-order valence-corrected chi connectivity index (χ2v) is 9.31. The third-order valence-corrected chi connectivity index (χ3v) is 6.12. The Morgan fingerprint density at radius 2 is 1.32 bits per heavy atom. The van der Waals surface area contributed by atoms with Crippen LogP contribution in [0.15, 0.2) is 55.4 Å². The Balaban J connectivity index is 1.74. The van der Waals surface area contributed by atoms with Crippen molar-refractivity contribution >= 4 is 29.7 Å². The van der Waals surface area contributed by atoms with Gasteiger partial charge in [0.15, 0.2) is 0 Å². The summed E-state index contributed by atoms with van der Waals surface area (Å²) in [5.74, 6) is -4.82. The molecule has 1 aromatic carbocycles. The number of nitrogens with zero attached hydrogens (tertiary/aromatic N) is 2. The van der Waals surface area contributed by atoms with Crippen LogP contribution >= 0.6 is 0 Å². The molecule has 3 rings (SSSR count). The molecule has 218 valence electrons. The molecule has 3 amide bonds. The van der Waals surface area contributed by atoms with E-state index in [1.54, 1.807) is 30.3 Å². The molecule has 4 unspecified atom stereocenters. The Hall–Kier alpha value is -5.05. The smallest absolute Gasteiger partial charge is 0.326 e. The van der Waals surface area contributed by atoms with Gasteiger partial charge in [-0.1, -0.05) is 30.3 Å². The number of rotatable bonds is 16. The molecule has 0 radical (unpaired) electrons. The molecule has 15 nitrogen and oxygen atoms in total. The zero-order valence-electron chi connectivity index (χ0n) is 21.9. The summed E-state index contributed by atoms with van der Waals surface area (Å²) in [6, 6.07) is 3.69. The number of benzene rings is 1. The van der Waals surface area contributed by atoms with Crippen molar-refractivity contribution in [2.24, 2.45) is 5.73 Å². The van der Waals surface area contributed by atoms with Crippen LogP contribution in [0.1, 0.15) is 29.8 Å². The number of carbonyl (C=O) groups excluding carboxylic acids is 3. The lowest BCUT2D eigenvalue weighted by molar-refractivity contribution is -0.142. The Labute approximate surface area is 234 Å². The van der Waals surface area contributed by atoms with E-state index < -0.39 is 60.2 Å². The number of aromatic nitrogens is 4. The molecule has 0 aliphatic heterocycles. The summed E-state index contributed by atoms with van der Waals surface area (Å²) in [6.07, 6.45) is 4.97. The van der Waals surface area contributed by atoms with E-state index >= 15 is 0 Å². The molecular formula is C26H32N8O7. The summed E-state index contributed by atoms with van der Waals surface area (Å²) in [7, 11) is 0. The number of amides is 3. The SMILES string of the molecule is NC(Cc1cnc[nH]1)C(=O)NC(CCC(=O)O)C(=O)NC(Cc1cnc[nH]1)C(=O)NC(Cc1ccccc1)C(=O)O. The maximum Gasteiger partial charge on any atom is 0.326 e. The van der Waals surface area contributed by atoms with Gasteiger partial charge in [-0.3, -0.25) is 19.2 Å². The van der Waals surface area contributed by atoms with Gasteiger partial charge in [0.1, 0.15) is 18.1 Å². The van der Waals surface area contributed by atoms with Gasteiger partial charge in [0.25, 0.3) is 0 Å². The fourth-order valence-corrected chi connectivity index (χ4v) is 3.96. The summed E-state index contributed by atoms with van der Waals surface area (Å²) in [5, 5.41) is 26.3. The van der Waals surface area contributed by atoms with Gasteiger partial charge in [-0.2, -0.15) is 0 Å². The molecule has 9 N–H and O–H groups in total. The zero-order valence-corrected chi connectivity index (χ0v) is 21.9. The number of nitrogens with one attached hydrogen (secondary N) is 5. The minimum Gasteiger partial charge on any atom is -0.481 e. The number of hydrogen-bond acceptors (Lipinski definition) is 8. The summed E-state index contributed by atoms with van der Waals surface area (Å²) >= 11 is 0. The van der Waals surface area contributed by atoms with E-state index in [2.05, 4.69) is 35.9 Å². The summed E-state index contributed by atoms with van der Waals surface area (Å²) in [4.78, 5) is 75.8. The highest BCUT2D eigenvalue weighted by Crippen LogP contribution is 2.07. The van der Waals surface area contributed by atoms with E-state index in [1.807, 2.05) is 0 Å². The second-order valence-electron chi connectivity index (χ2n) is 9.31. The van der Waals surface area contributed by atoms with Crippen LogP contribution in [0.4, 0.5) is 0 Å². The third-order valence-electron chi connectivity index (χ3n) is 6.12. The largest absolute Gasteiger partial charge is 0.481 e. The third kappa shape index (κ3) is 9.89. The van der Waals surface area contributed by atoms with Crippen LogP contribution in [0.25, 0.3) is 0 Å². The van der Waals surface area contributed by atoms with Crippen LogP contribution in [0.3, 0.4) is 0 Å². The highest BCUT2D eigenvalue weighted by Gasteiger charge is 2.31. The topological polar surface area (TPSA) is 245 Å². The van der Waals surface area contributed by atoms with Gasteiger partial charge in [-0.15, -0.1) is 0 Å². The van der Waals surface area contributed by atoms with Crippen LogP contribution < -0.4 is 21.7 Å². The van der Waals surface area contributed by atoms with Gasteiger partial charge < -0.3 is 41.9 Å². The van der Waals surface area contributed by atoms with Crippen molar-refractivity contribution in [1.82, 2.24) is 35.9 Å². The van der Waals surface area contributed by atoms with Crippen molar-refractivity contribution in [3.05, 3.63) is 72.3 Å². The number of imidazole rings is 2. The summed E-state index contributed by atoms with van der Waals surface area (Å²) < 4.78 is 0. The summed E-state index contributed by atoms with van der Waals surface area (Å²) in [5.41, 5.74) is 7.69. The molecule has 2 heterocycles. The number of H-pyrrole nitrogens is 2. The molecule has 3 aromatic rings. The normalized spacial score (nSPS) is 13.8. The first-order valence-corrected chi connectivity index (χ1v) is 12.7. The first kappa shape index (κ1) is 30.5. The van der Waals surface area contributed by atoms with E-state index in [1.165, 1.54) is 25.0 Å². The Kier molecular flexibility index (Phi) is 11.1. The minimum atomic E-state index is -1.34. The van der Waals surface area contributed by atoms with Crippen LogP contribution in [0.5, 0.6) is 0 Å². The molecule has 0 aliphatic carbocycles. The van der Waals surface area contributed by atoms with E-state index in [9.17, 15) is 29.1 Å². The molecule has 0 bridgehead atoms. The fourth-order valence-electron chi connectivity index (χ4n) is 3.96. The van der Waals surface area contributed by atoms with Gasteiger partial charge in [0.05, 0.1) is 18.7 Å². The molecule has 15 heteroatoms. The predicted molar refractivity (Wildman–Crippen MR) is 143 cm³/mol. The number of carboxylic acid groups (broad SMARTS) is 2. The molecule has 0 saturated heterocycles. The standard InChI is InChI=1S/C26H32N8O7/c27-18(9-16-11-28-13-30-16)23(37)32-19(6-7-22(35)36)24(38)33-20(10-17-12-29-14-31-17)25(39)34-21(26(40)41)8-15-4-2-1-3-5-15/h1-5,11-14,18-21H,6-10,27H2,(H,28,30)(H,29,31)(H,32,37)(H,33,38)(H,34,39)(H,35,36)(H,40,41). The monoisotopic (exact) mass is 568 g/mol. The maximum atomic E-state index is 13.3. The van der Waals surface area contributed by atoms with E-state index in [0.29, 0.717) is 17.0 Å². The van der Waals surface area contributed by atoms with Gasteiger partial charge in [0.2, 0.25) is 17.7 Å². The fraction of sp³-hybridized carbons (Fsp3) is 0.346. The molecule has 0 saturated carbocycles. The highest BCUT2D eigenvalue weighted by molar-refractivity contribution is 5.94. The van der Waals surface area contributed by atoms with Gasteiger partial charge >= 0.3 is 11.9 Å². The number of aromatic amines is 2. The lowest BCUT2D eigenvalue weighted by Gasteiger charge is -2.25. The van der Waals surface area contributed by atoms with Gasteiger partial charge in [0, 0.05) is 49.5 Å². The highest BCUT2D eigenvalue weighted by atomic mass is 16.4. The van der Waals surface area contributed by atoms with Crippen molar-refractivity contribution in [1.29, 1.82) is 0 Å². The summed E-state index contributed by atoms with van der Waals surface area (Å²) in [6.45, 7) is 0. The first-order valence-electron chi connectivity index (χ1n) is 12.7. The van der Waals surface area contributed by atoms with E-state index in [4.69, 9.17) is 10.8 Å².